The van der Waals surface area contributed by atoms with E-state index < -0.39 is 11.4 Å². The summed E-state index contributed by atoms with van der Waals surface area (Å²) in [6.45, 7) is 4.67. The third-order valence-electron chi connectivity index (χ3n) is 2.80. The molecule has 2 aromatic rings. The molecule has 2 rings (SSSR count). The quantitative estimate of drug-likeness (QED) is 0.859. The van der Waals surface area contributed by atoms with E-state index in [4.69, 9.17) is 16.0 Å². The van der Waals surface area contributed by atoms with Crippen LogP contribution in [-0.2, 0) is 6.54 Å². The highest BCUT2D eigenvalue weighted by molar-refractivity contribution is 6.31. The van der Waals surface area contributed by atoms with Gasteiger partial charge in [-0.25, -0.2) is 9.59 Å². The van der Waals surface area contributed by atoms with Crippen molar-refractivity contribution in [2.24, 2.45) is 5.92 Å². The number of hydrogen-bond acceptors (Lipinski definition) is 3. The van der Waals surface area contributed by atoms with Crippen molar-refractivity contribution in [2.75, 3.05) is 0 Å². The van der Waals surface area contributed by atoms with Crippen LogP contribution in [0.15, 0.2) is 32.2 Å². The van der Waals surface area contributed by atoms with Crippen LogP contribution in [0.25, 0.3) is 10.9 Å². The van der Waals surface area contributed by atoms with Gasteiger partial charge in [-0.05, 0) is 30.5 Å². The molecule has 4 nitrogen and oxygen atoms in total. The maximum absolute atomic E-state index is 11.7. The molecule has 0 amide bonds. The Hall–Kier alpha value is -1.55. The van der Waals surface area contributed by atoms with Crippen LogP contribution in [0, 0.1) is 5.92 Å². The minimum Gasteiger partial charge on any atom is -0.372 e. The summed E-state index contributed by atoms with van der Waals surface area (Å²) in [5.74, 6) is -0.151. The summed E-state index contributed by atoms with van der Waals surface area (Å²) in [4.78, 5) is 23.3. The van der Waals surface area contributed by atoms with Crippen LogP contribution in [0.4, 0.5) is 0 Å². The number of hydrogen-bond donors (Lipinski definition) is 0. The second-order valence-corrected chi connectivity index (χ2v) is 5.09. The first-order valence-electron chi connectivity index (χ1n) is 5.82. The number of fused-ring (bicyclic) bond motifs is 1. The molecule has 0 spiro atoms. The topological polar surface area (TPSA) is 52.2 Å². The van der Waals surface area contributed by atoms with Gasteiger partial charge in [0.25, 0.3) is 0 Å². The Kier molecular flexibility index (Phi) is 3.57. The van der Waals surface area contributed by atoms with Crippen LogP contribution in [0.5, 0.6) is 0 Å². The SMILES string of the molecule is CC(C)CCn1c(=O)oc(=O)c2cc(Cl)ccc21. The summed E-state index contributed by atoms with van der Waals surface area (Å²) in [5, 5.41) is 0.787. The van der Waals surface area contributed by atoms with Crippen molar-refractivity contribution < 1.29 is 4.42 Å². The molecule has 0 atom stereocenters. The molecule has 18 heavy (non-hydrogen) atoms. The maximum atomic E-state index is 11.7. The predicted octanol–water partition coefficient (Wildman–Crippen LogP) is 2.65. The summed E-state index contributed by atoms with van der Waals surface area (Å²) >= 11 is 5.84. The van der Waals surface area contributed by atoms with Crippen molar-refractivity contribution >= 4 is 22.5 Å². The van der Waals surface area contributed by atoms with Crippen molar-refractivity contribution in [3.8, 4) is 0 Å². The van der Waals surface area contributed by atoms with E-state index in [1.807, 2.05) is 0 Å². The van der Waals surface area contributed by atoms with Gasteiger partial charge >= 0.3 is 11.4 Å². The summed E-state index contributed by atoms with van der Waals surface area (Å²) in [6, 6.07) is 4.86. The third-order valence-corrected chi connectivity index (χ3v) is 3.03. The van der Waals surface area contributed by atoms with E-state index in [0.29, 0.717) is 28.4 Å². The van der Waals surface area contributed by atoms with Crippen molar-refractivity contribution in [1.29, 1.82) is 0 Å². The molecule has 5 heteroatoms. The van der Waals surface area contributed by atoms with Gasteiger partial charge in [0, 0.05) is 11.6 Å². The van der Waals surface area contributed by atoms with Crippen molar-refractivity contribution in [1.82, 2.24) is 4.57 Å². The number of benzene rings is 1. The van der Waals surface area contributed by atoms with Gasteiger partial charge in [0.1, 0.15) is 0 Å². The lowest BCUT2D eigenvalue weighted by Crippen LogP contribution is -2.25. The summed E-state index contributed by atoms with van der Waals surface area (Å²) in [7, 11) is 0. The van der Waals surface area contributed by atoms with E-state index >= 15 is 0 Å². The minimum atomic E-state index is -0.640. The highest BCUT2D eigenvalue weighted by Gasteiger charge is 2.10. The molecule has 0 N–H and O–H groups in total. The van der Waals surface area contributed by atoms with Gasteiger partial charge in [-0.2, -0.15) is 0 Å². The molecule has 0 fully saturated rings. The van der Waals surface area contributed by atoms with E-state index in [1.54, 1.807) is 12.1 Å². The molecule has 0 aliphatic heterocycles. The van der Waals surface area contributed by atoms with Crippen molar-refractivity contribution in [3.05, 3.63) is 44.2 Å². The smallest absolute Gasteiger partial charge is 0.372 e. The highest BCUT2D eigenvalue weighted by Crippen LogP contribution is 2.16. The zero-order chi connectivity index (χ0) is 13.3. The number of aryl methyl sites for hydroxylation is 1. The Morgan fingerprint density at radius 3 is 2.72 bits per heavy atom. The number of halogens is 1. The van der Waals surface area contributed by atoms with Gasteiger partial charge in [0.15, 0.2) is 0 Å². The molecule has 0 bridgehead atoms. The monoisotopic (exact) mass is 267 g/mol. The van der Waals surface area contributed by atoms with Gasteiger partial charge in [-0.3, -0.25) is 4.57 Å². The van der Waals surface area contributed by atoms with Crippen LogP contribution in [0.2, 0.25) is 5.02 Å². The molecule has 0 aliphatic rings. The van der Waals surface area contributed by atoms with E-state index in [-0.39, 0.29) is 0 Å². The predicted molar refractivity (Wildman–Crippen MR) is 71.2 cm³/mol. The fourth-order valence-corrected chi connectivity index (χ4v) is 1.97. The molecule has 0 aliphatic carbocycles. The fourth-order valence-electron chi connectivity index (χ4n) is 1.79. The fraction of sp³-hybridized carbons (Fsp3) is 0.385. The van der Waals surface area contributed by atoms with E-state index in [2.05, 4.69) is 13.8 Å². The van der Waals surface area contributed by atoms with Crippen molar-refractivity contribution in [2.45, 2.75) is 26.8 Å². The standard InChI is InChI=1S/C13H14ClNO3/c1-8(2)5-6-15-11-4-3-9(14)7-10(11)12(16)18-13(15)17/h3-4,7-8H,5-6H2,1-2H3. The summed E-state index contributed by atoms with van der Waals surface area (Å²) in [6.07, 6.45) is 0.839. The Balaban J connectivity index is 2.65. The molecule has 0 unspecified atom stereocenters. The lowest BCUT2D eigenvalue weighted by atomic mass is 10.1. The summed E-state index contributed by atoms with van der Waals surface area (Å²) < 4.78 is 6.18. The van der Waals surface area contributed by atoms with Gasteiger partial charge in [0.2, 0.25) is 0 Å². The van der Waals surface area contributed by atoms with Gasteiger partial charge in [-0.15, -0.1) is 0 Å². The summed E-state index contributed by atoms with van der Waals surface area (Å²) in [5.41, 5.74) is -0.0698. The van der Waals surface area contributed by atoms with Crippen LogP contribution in [-0.4, -0.2) is 4.57 Å². The first-order valence-corrected chi connectivity index (χ1v) is 6.20. The largest absolute Gasteiger partial charge is 0.422 e. The second kappa shape index (κ2) is 4.98. The molecule has 1 aromatic carbocycles. The van der Waals surface area contributed by atoms with Crippen LogP contribution < -0.4 is 11.4 Å². The molecule has 0 saturated heterocycles. The zero-order valence-electron chi connectivity index (χ0n) is 10.3. The zero-order valence-corrected chi connectivity index (χ0v) is 11.0. The van der Waals surface area contributed by atoms with Crippen LogP contribution >= 0.6 is 11.6 Å². The lowest BCUT2D eigenvalue weighted by Gasteiger charge is -2.09. The Bertz CT molecular complexity index is 685. The number of rotatable bonds is 3. The first-order chi connectivity index (χ1) is 8.49. The normalized spacial score (nSPS) is 11.3. The second-order valence-electron chi connectivity index (χ2n) is 4.65. The van der Waals surface area contributed by atoms with Gasteiger partial charge in [0.05, 0.1) is 10.9 Å². The van der Waals surface area contributed by atoms with Gasteiger partial charge in [-0.1, -0.05) is 25.4 Å². The Morgan fingerprint density at radius 2 is 2.06 bits per heavy atom. The molecule has 0 saturated carbocycles. The molecule has 1 aromatic heterocycles. The average molecular weight is 268 g/mol. The van der Waals surface area contributed by atoms with E-state index in [9.17, 15) is 9.59 Å². The molecule has 0 radical (unpaired) electrons. The molecule has 1 heterocycles. The third kappa shape index (κ3) is 2.48. The Morgan fingerprint density at radius 1 is 1.33 bits per heavy atom. The minimum absolute atomic E-state index is 0.339. The van der Waals surface area contributed by atoms with Crippen molar-refractivity contribution in [3.63, 3.8) is 0 Å². The van der Waals surface area contributed by atoms with Crippen LogP contribution in [0.3, 0.4) is 0 Å². The first kappa shape index (κ1) is 12.9. The molecule has 96 valence electrons. The average Bonchev–Trinajstić information content (AvgIpc) is 2.29. The molecular formula is C13H14ClNO3. The Labute approximate surface area is 109 Å². The highest BCUT2D eigenvalue weighted by atomic mass is 35.5. The van der Waals surface area contributed by atoms with Gasteiger partial charge < -0.3 is 4.42 Å². The number of nitrogens with zero attached hydrogens (tertiary/aromatic N) is 1. The van der Waals surface area contributed by atoms with E-state index in [1.165, 1.54) is 10.6 Å². The molecular weight excluding hydrogens is 254 g/mol. The van der Waals surface area contributed by atoms with E-state index in [0.717, 1.165) is 6.42 Å². The lowest BCUT2D eigenvalue weighted by molar-refractivity contribution is 0.400. The number of aromatic nitrogens is 1. The maximum Gasteiger partial charge on any atom is 0.422 e. The van der Waals surface area contributed by atoms with Crippen LogP contribution in [0.1, 0.15) is 20.3 Å².